The van der Waals surface area contributed by atoms with Gasteiger partial charge in [0.2, 0.25) is 11.9 Å². The van der Waals surface area contributed by atoms with E-state index < -0.39 is 0 Å². The van der Waals surface area contributed by atoms with Gasteiger partial charge in [0.1, 0.15) is 12.2 Å². The molecule has 2 saturated heterocycles. The van der Waals surface area contributed by atoms with E-state index in [0.29, 0.717) is 18.4 Å². The third-order valence-electron chi connectivity index (χ3n) is 5.19. The van der Waals surface area contributed by atoms with Gasteiger partial charge in [0.25, 0.3) is 0 Å². The molecule has 0 aromatic heterocycles. The van der Waals surface area contributed by atoms with Crippen LogP contribution in [0.4, 0.5) is 0 Å². The van der Waals surface area contributed by atoms with Crippen molar-refractivity contribution in [3.8, 4) is 0 Å². The third kappa shape index (κ3) is 2.89. The van der Waals surface area contributed by atoms with Crippen LogP contribution in [0.5, 0.6) is 0 Å². The van der Waals surface area contributed by atoms with Crippen LogP contribution in [-0.4, -0.2) is 35.8 Å². The molecule has 3 nitrogen and oxygen atoms in total. The Labute approximate surface area is 123 Å². The van der Waals surface area contributed by atoms with Crippen LogP contribution >= 0.6 is 0 Å². The fourth-order valence-corrected chi connectivity index (χ4v) is 3.41. The number of aliphatic hydroxyl groups is 2. The van der Waals surface area contributed by atoms with Crippen molar-refractivity contribution in [3.63, 3.8) is 0 Å². The monoisotopic (exact) mass is 283 g/mol. The van der Waals surface area contributed by atoms with Crippen molar-refractivity contribution >= 4 is 0 Å². The average Bonchev–Trinajstić information content (AvgIpc) is 2.89. The van der Waals surface area contributed by atoms with Gasteiger partial charge in [-0.3, -0.25) is 0 Å². The number of fused-ring (bicyclic) bond motifs is 1. The summed E-state index contributed by atoms with van der Waals surface area (Å²) in [5.74, 6) is 2.01. The van der Waals surface area contributed by atoms with E-state index in [9.17, 15) is 0 Å². The molecular formula is C17H31O3+. The zero-order valence-electron chi connectivity index (χ0n) is 13.5. The summed E-state index contributed by atoms with van der Waals surface area (Å²) in [5.41, 5.74) is -0.153. The predicted molar refractivity (Wildman–Crippen MR) is 81.7 cm³/mol. The molecule has 2 heterocycles. The molecule has 0 aliphatic carbocycles. The first-order valence-electron chi connectivity index (χ1n) is 8.18. The minimum Gasteiger partial charge on any atom is -0.580 e. The zero-order valence-corrected chi connectivity index (χ0v) is 13.5. The summed E-state index contributed by atoms with van der Waals surface area (Å²) in [6.45, 7) is 14.5. The summed E-state index contributed by atoms with van der Waals surface area (Å²) >= 11 is 0. The Bertz CT molecular complexity index is 341. The highest BCUT2D eigenvalue weighted by Gasteiger charge is 2.58. The quantitative estimate of drug-likeness (QED) is 0.529. The molecule has 1 N–H and O–H groups in total. The number of hydrogen-bond donors (Lipinski definition) is 0. The fourth-order valence-electron chi connectivity index (χ4n) is 3.41. The summed E-state index contributed by atoms with van der Waals surface area (Å²) in [4.78, 5) is 0. The second kappa shape index (κ2) is 6.48. The molecule has 3 heteroatoms. The molecule has 0 aromatic rings. The topological polar surface area (TPSA) is 31.3 Å². The maximum atomic E-state index is 6.02. The first-order valence-corrected chi connectivity index (χ1v) is 8.18. The molecule has 2 aliphatic heterocycles. The number of rotatable bonds is 7. The third-order valence-corrected chi connectivity index (χ3v) is 5.19. The van der Waals surface area contributed by atoms with Gasteiger partial charge >= 0.3 is 0 Å². The molecule has 20 heavy (non-hydrogen) atoms. The van der Waals surface area contributed by atoms with Crippen LogP contribution in [0, 0.1) is 11.8 Å². The van der Waals surface area contributed by atoms with E-state index in [2.05, 4.69) is 34.3 Å². The fraction of sp³-hybridized carbons (Fsp3) is 0.882. The Morgan fingerprint density at radius 1 is 1.40 bits per heavy atom. The molecule has 0 aromatic carbocycles. The van der Waals surface area contributed by atoms with E-state index in [0.717, 1.165) is 18.8 Å². The van der Waals surface area contributed by atoms with Gasteiger partial charge in [0.05, 0.1) is 12.5 Å². The van der Waals surface area contributed by atoms with Crippen LogP contribution in [-0.2, 0) is 9.47 Å². The Morgan fingerprint density at radius 3 is 2.80 bits per heavy atom. The van der Waals surface area contributed by atoms with Gasteiger partial charge in [-0.25, -0.2) is 0 Å². The Balaban J connectivity index is 1.92. The van der Waals surface area contributed by atoms with Crippen molar-refractivity contribution in [1.29, 1.82) is 0 Å². The van der Waals surface area contributed by atoms with E-state index in [-0.39, 0.29) is 17.8 Å². The van der Waals surface area contributed by atoms with Crippen LogP contribution in [0.2, 0.25) is 0 Å². The van der Waals surface area contributed by atoms with Crippen LogP contribution in [0.15, 0.2) is 12.3 Å². The highest BCUT2D eigenvalue weighted by molar-refractivity contribution is 5.05. The largest absolute Gasteiger partial charge is 0.580 e. The molecule has 2 rings (SSSR count). The van der Waals surface area contributed by atoms with Crippen molar-refractivity contribution in [2.45, 2.75) is 71.2 Å². The molecule has 0 spiro atoms. The smallest absolute Gasteiger partial charge is 0.235 e. The molecule has 0 amide bonds. The molecule has 2 fully saturated rings. The highest BCUT2D eigenvalue weighted by atomic mass is 16.6. The van der Waals surface area contributed by atoms with Gasteiger partial charge in [-0.05, 0) is 26.3 Å². The van der Waals surface area contributed by atoms with Crippen molar-refractivity contribution in [1.82, 2.24) is 0 Å². The second-order valence-electron chi connectivity index (χ2n) is 6.59. The molecule has 2 unspecified atom stereocenters. The van der Waals surface area contributed by atoms with E-state index in [1.807, 2.05) is 0 Å². The minimum atomic E-state index is -0.153. The van der Waals surface area contributed by atoms with Crippen molar-refractivity contribution in [3.05, 3.63) is 12.3 Å². The highest BCUT2D eigenvalue weighted by Crippen LogP contribution is 2.42. The second-order valence-corrected chi connectivity index (χ2v) is 6.59. The molecule has 0 saturated carbocycles. The molecule has 0 radical (unpaired) electrons. The van der Waals surface area contributed by atoms with Crippen LogP contribution in [0.3, 0.4) is 0 Å². The Hall–Kier alpha value is -0.540. The lowest BCUT2D eigenvalue weighted by Crippen LogP contribution is -2.42. The number of allylic oxidation sites excluding steroid dienone is 1. The van der Waals surface area contributed by atoms with Gasteiger partial charge < -0.3 is 14.2 Å². The normalized spacial score (nSPS) is 37.7. The van der Waals surface area contributed by atoms with Crippen LogP contribution < -0.4 is 0 Å². The average molecular weight is 283 g/mol. The first-order chi connectivity index (χ1) is 9.52. The molecule has 2 aliphatic rings. The summed E-state index contributed by atoms with van der Waals surface area (Å²) < 4.78 is 16.8. The van der Waals surface area contributed by atoms with E-state index >= 15 is 0 Å². The Kier molecular flexibility index (Phi) is 5.14. The molecule has 116 valence electrons. The van der Waals surface area contributed by atoms with Crippen LogP contribution in [0.1, 0.15) is 53.4 Å². The van der Waals surface area contributed by atoms with E-state index in [1.54, 1.807) is 0 Å². The van der Waals surface area contributed by atoms with Gasteiger partial charge in [0, 0.05) is 5.92 Å². The van der Waals surface area contributed by atoms with Gasteiger partial charge in [-0.2, -0.15) is 0 Å². The lowest BCUT2D eigenvalue weighted by molar-refractivity contribution is -0.112. The molecular weight excluding hydrogens is 252 g/mol. The zero-order chi connectivity index (χ0) is 14.8. The van der Waals surface area contributed by atoms with Crippen LogP contribution in [0.25, 0.3) is 0 Å². The number of ether oxygens (including phenoxy) is 3. The summed E-state index contributed by atoms with van der Waals surface area (Å²) in [6, 6.07) is 0. The summed E-state index contributed by atoms with van der Waals surface area (Å²) in [6.07, 6.45) is 5.05. The number of unbranched alkanes of at least 4 members (excludes halogenated alkanes) is 1. The predicted octanol–water partition coefficient (Wildman–Crippen LogP) is 3.44. The summed E-state index contributed by atoms with van der Waals surface area (Å²) in [5, 5.41) is 0. The lowest BCUT2D eigenvalue weighted by Gasteiger charge is -2.26. The SMILES string of the molecule is C=C([OH+]C1CO[C@@]2(C)C1OC[C@H]2C)[C@@H](CC)CCCC. The minimum absolute atomic E-state index is 0.109. The first kappa shape index (κ1) is 15.8. The maximum Gasteiger partial charge on any atom is 0.235 e. The van der Waals surface area contributed by atoms with E-state index in [4.69, 9.17) is 14.2 Å². The number of hydrogen-bond acceptors (Lipinski definition) is 2. The van der Waals surface area contributed by atoms with Gasteiger partial charge in [-0.1, -0.05) is 33.6 Å². The van der Waals surface area contributed by atoms with Crippen molar-refractivity contribution in [2.24, 2.45) is 11.8 Å². The van der Waals surface area contributed by atoms with Gasteiger partial charge in [-0.15, -0.1) is 0 Å². The van der Waals surface area contributed by atoms with Crippen molar-refractivity contribution in [2.75, 3.05) is 13.2 Å². The summed E-state index contributed by atoms with van der Waals surface area (Å²) in [7, 11) is 0. The Morgan fingerprint density at radius 2 is 2.15 bits per heavy atom. The van der Waals surface area contributed by atoms with Crippen molar-refractivity contribution < 1.29 is 14.2 Å². The molecule has 5 atom stereocenters. The molecule has 0 bridgehead atoms. The lowest BCUT2D eigenvalue weighted by atomic mass is 9.88. The van der Waals surface area contributed by atoms with Gasteiger partial charge in [0.15, 0.2) is 6.10 Å². The van der Waals surface area contributed by atoms with E-state index in [1.165, 1.54) is 19.3 Å². The standard InChI is InChI=1S/C17H30O3/c1-6-8-9-14(7-2)13(4)20-15-11-19-17(5)12(3)10-18-16(15)17/h12,14-16H,4,6-11H2,1-3,5H3/p+1/t12-,14+,15?,16?,17-/m1/s1. The maximum absolute atomic E-state index is 6.02.